The van der Waals surface area contributed by atoms with Crippen LogP contribution in [-0.2, 0) is 0 Å². The summed E-state index contributed by atoms with van der Waals surface area (Å²) in [6.07, 6.45) is 0. The molecule has 2 aromatic heterocycles. The molecule has 0 aliphatic heterocycles. The van der Waals surface area contributed by atoms with Gasteiger partial charge in [-0.1, -0.05) is 146 Å². The molecule has 4 nitrogen and oxygen atoms in total. The number of hydrogen-bond donors (Lipinski definition) is 0. The van der Waals surface area contributed by atoms with Crippen LogP contribution in [0.2, 0.25) is 0 Å². The summed E-state index contributed by atoms with van der Waals surface area (Å²) in [6.45, 7) is 0. The molecule has 0 spiro atoms. The number of benzene rings is 7. The van der Waals surface area contributed by atoms with Gasteiger partial charge in [-0.3, -0.25) is 0 Å². The molecule has 0 aliphatic rings. The molecular weight excluding hydrogens is 621 g/mol. The molecule has 0 atom stereocenters. The summed E-state index contributed by atoms with van der Waals surface area (Å²) in [5, 5.41) is 11.7. The van der Waals surface area contributed by atoms with Crippen molar-refractivity contribution in [2.45, 2.75) is 0 Å². The van der Waals surface area contributed by atoms with Gasteiger partial charge in [-0.25, -0.2) is 9.97 Å². The highest BCUT2D eigenvalue weighted by Crippen LogP contribution is 2.40. The fourth-order valence-corrected chi connectivity index (χ4v) is 7.01. The molecule has 0 radical (unpaired) electrons. The van der Waals surface area contributed by atoms with Gasteiger partial charge < -0.3 is 4.57 Å². The van der Waals surface area contributed by atoms with Gasteiger partial charge in [0.05, 0.1) is 34.1 Å². The van der Waals surface area contributed by atoms with Gasteiger partial charge >= 0.3 is 0 Å². The lowest BCUT2D eigenvalue weighted by Gasteiger charge is -2.17. The molecule has 9 aromatic rings. The summed E-state index contributed by atoms with van der Waals surface area (Å²) in [4.78, 5) is 10.5. The zero-order valence-corrected chi connectivity index (χ0v) is 27.6. The van der Waals surface area contributed by atoms with Crippen LogP contribution >= 0.6 is 0 Å². The van der Waals surface area contributed by atoms with E-state index in [0.717, 1.165) is 77.8 Å². The van der Waals surface area contributed by atoms with Gasteiger partial charge in [0.1, 0.15) is 0 Å². The van der Waals surface area contributed by atoms with E-state index < -0.39 is 0 Å². The van der Waals surface area contributed by atoms with E-state index >= 15 is 0 Å². The predicted octanol–water partition coefficient (Wildman–Crippen LogP) is 11.8. The largest absolute Gasteiger partial charge is 0.309 e. The van der Waals surface area contributed by atoms with Crippen molar-refractivity contribution in [1.82, 2.24) is 14.5 Å². The van der Waals surface area contributed by atoms with Crippen molar-refractivity contribution in [3.8, 4) is 67.9 Å². The summed E-state index contributed by atoms with van der Waals surface area (Å²) in [5.74, 6) is 0.681. The molecule has 238 valence electrons. The third-order valence-corrected chi connectivity index (χ3v) is 9.47. The quantitative estimate of drug-likeness (QED) is 0.180. The van der Waals surface area contributed by atoms with E-state index in [1.807, 2.05) is 42.5 Å². The molecule has 0 saturated carbocycles. The van der Waals surface area contributed by atoms with Crippen molar-refractivity contribution in [1.29, 1.82) is 5.26 Å². The van der Waals surface area contributed by atoms with Crippen molar-refractivity contribution < 1.29 is 0 Å². The Morgan fingerprint density at radius 2 is 0.902 bits per heavy atom. The Morgan fingerprint density at radius 1 is 0.412 bits per heavy atom. The van der Waals surface area contributed by atoms with Crippen LogP contribution in [0.3, 0.4) is 0 Å². The normalized spacial score (nSPS) is 11.1. The first-order valence-electron chi connectivity index (χ1n) is 17.0. The molecule has 0 fully saturated rings. The highest BCUT2D eigenvalue weighted by molar-refractivity contribution is 6.09. The van der Waals surface area contributed by atoms with E-state index in [9.17, 15) is 5.26 Å². The third-order valence-electron chi connectivity index (χ3n) is 9.47. The lowest BCUT2D eigenvalue weighted by molar-refractivity contribution is 1.18. The summed E-state index contributed by atoms with van der Waals surface area (Å²) < 4.78 is 2.27. The van der Waals surface area contributed by atoms with Crippen LogP contribution in [0.5, 0.6) is 0 Å². The number of nitrogens with zero attached hydrogens (tertiary/aromatic N) is 4. The van der Waals surface area contributed by atoms with E-state index in [4.69, 9.17) is 9.97 Å². The maximum atomic E-state index is 9.52. The van der Waals surface area contributed by atoms with Crippen LogP contribution in [0.4, 0.5) is 0 Å². The Balaban J connectivity index is 1.12. The van der Waals surface area contributed by atoms with Crippen molar-refractivity contribution in [3.63, 3.8) is 0 Å². The average molecular weight is 651 g/mol. The molecule has 2 heterocycles. The molecule has 9 rings (SSSR count). The highest BCUT2D eigenvalue weighted by Gasteiger charge is 2.20. The van der Waals surface area contributed by atoms with Crippen LogP contribution in [0.1, 0.15) is 5.56 Å². The molecule has 0 N–H and O–H groups in total. The van der Waals surface area contributed by atoms with Gasteiger partial charge in [0.25, 0.3) is 0 Å². The smallest absolute Gasteiger partial charge is 0.160 e. The number of fused-ring (bicyclic) bond motifs is 3. The lowest BCUT2D eigenvalue weighted by Crippen LogP contribution is -2.00. The molecule has 0 bridgehead atoms. The molecule has 7 aromatic carbocycles. The van der Waals surface area contributed by atoms with E-state index in [1.54, 1.807) is 0 Å². The fraction of sp³-hybridized carbons (Fsp3) is 0. The SMILES string of the molecule is N#Cc1ccc2c(c1)c1ccccc1n2-c1ccc(-c2ccc(-c3nc(-c4ccccc4)c(-c4ccccc4)c(-c4ccccc4)n3)cc2)cc1. The minimum absolute atomic E-state index is 0.661. The number of nitriles is 1. The minimum atomic E-state index is 0.661. The van der Waals surface area contributed by atoms with Crippen LogP contribution in [-0.4, -0.2) is 14.5 Å². The Labute approximate surface area is 296 Å². The average Bonchev–Trinajstić information content (AvgIpc) is 3.55. The Bertz CT molecular complexity index is 2650. The van der Waals surface area contributed by atoms with E-state index in [-0.39, 0.29) is 0 Å². The topological polar surface area (TPSA) is 54.5 Å². The summed E-state index contributed by atoms with van der Waals surface area (Å²) >= 11 is 0. The van der Waals surface area contributed by atoms with Crippen LogP contribution in [0.25, 0.3) is 83.6 Å². The first-order valence-corrected chi connectivity index (χ1v) is 17.0. The first kappa shape index (κ1) is 30.0. The minimum Gasteiger partial charge on any atom is -0.309 e. The second kappa shape index (κ2) is 12.7. The number of rotatable bonds is 6. The zero-order valence-electron chi connectivity index (χ0n) is 27.6. The van der Waals surface area contributed by atoms with Crippen molar-refractivity contribution in [2.24, 2.45) is 0 Å². The zero-order chi connectivity index (χ0) is 34.1. The number of hydrogen-bond acceptors (Lipinski definition) is 3. The fourth-order valence-electron chi connectivity index (χ4n) is 7.01. The van der Waals surface area contributed by atoms with Gasteiger partial charge in [0.15, 0.2) is 5.82 Å². The summed E-state index contributed by atoms with van der Waals surface area (Å²) in [7, 11) is 0. The van der Waals surface area contributed by atoms with Crippen molar-refractivity contribution >= 4 is 21.8 Å². The van der Waals surface area contributed by atoms with Gasteiger partial charge in [0.2, 0.25) is 0 Å². The highest BCUT2D eigenvalue weighted by atomic mass is 15.0. The van der Waals surface area contributed by atoms with Crippen molar-refractivity contribution in [3.05, 3.63) is 188 Å². The molecule has 51 heavy (non-hydrogen) atoms. The Hall–Kier alpha value is -7.09. The summed E-state index contributed by atoms with van der Waals surface area (Å²) in [6, 6.07) is 64.9. The second-order valence-electron chi connectivity index (χ2n) is 12.5. The predicted molar refractivity (Wildman–Crippen MR) is 208 cm³/mol. The Morgan fingerprint density at radius 3 is 1.49 bits per heavy atom. The maximum Gasteiger partial charge on any atom is 0.160 e. The summed E-state index contributed by atoms with van der Waals surface area (Å²) in [5.41, 5.74) is 13.1. The van der Waals surface area contributed by atoms with E-state index in [2.05, 4.69) is 150 Å². The van der Waals surface area contributed by atoms with Crippen LogP contribution in [0.15, 0.2) is 182 Å². The monoisotopic (exact) mass is 650 g/mol. The third kappa shape index (κ3) is 5.44. The van der Waals surface area contributed by atoms with Gasteiger partial charge in [0, 0.05) is 38.7 Å². The molecular formula is C47H30N4. The second-order valence-corrected chi connectivity index (χ2v) is 12.5. The van der Waals surface area contributed by atoms with Crippen LogP contribution < -0.4 is 0 Å². The van der Waals surface area contributed by atoms with Gasteiger partial charge in [-0.05, 0) is 53.1 Å². The molecule has 0 saturated heterocycles. The molecule has 0 unspecified atom stereocenters. The van der Waals surface area contributed by atoms with Crippen LogP contribution in [0, 0.1) is 11.3 Å². The molecule has 0 aliphatic carbocycles. The van der Waals surface area contributed by atoms with Gasteiger partial charge in [-0.15, -0.1) is 0 Å². The lowest BCUT2D eigenvalue weighted by atomic mass is 9.94. The molecule has 4 heteroatoms. The Kier molecular flexibility index (Phi) is 7.50. The standard InChI is InChI=1S/C47H30N4/c48-31-32-20-29-43-41(30-32)40-18-10-11-19-42(40)51(43)39-27-25-34(26-28-39)33-21-23-38(24-22-33)47-49-45(36-14-6-2-7-15-36)44(35-12-4-1-5-13-35)46(50-47)37-16-8-3-9-17-37/h1-30H. The van der Waals surface area contributed by atoms with Gasteiger partial charge in [-0.2, -0.15) is 5.26 Å². The van der Waals surface area contributed by atoms with Crippen molar-refractivity contribution in [2.75, 3.05) is 0 Å². The van der Waals surface area contributed by atoms with E-state index in [1.165, 1.54) is 0 Å². The maximum absolute atomic E-state index is 9.52. The number of para-hydroxylation sites is 1. The van der Waals surface area contributed by atoms with E-state index in [0.29, 0.717) is 11.4 Å². The number of aromatic nitrogens is 3. The first-order chi connectivity index (χ1) is 25.2. The molecule has 0 amide bonds.